The third-order valence-corrected chi connectivity index (χ3v) is 5.32. The smallest absolute Gasteiger partial charge is 0.191 e. The van der Waals surface area contributed by atoms with E-state index in [1.54, 1.807) is 0 Å². The van der Waals surface area contributed by atoms with E-state index in [-0.39, 0.29) is 24.0 Å². The zero-order valence-electron chi connectivity index (χ0n) is 17.5. The predicted molar refractivity (Wildman–Crippen MR) is 131 cm³/mol. The van der Waals surface area contributed by atoms with Crippen LogP contribution in [-0.2, 0) is 13.1 Å². The average molecular weight is 510 g/mol. The molecule has 1 aliphatic heterocycles. The number of rotatable bonds is 8. The van der Waals surface area contributed by atoms with Crippen molar-refractivity contribution in [2.75, 3.05) is 33.2 Å². The molecule has 6 nitrogen and oxygen atoms in total. The Labute approximate surface area is 192 Å². The second kappa shape index (κ2) is 13.6. The van der Waals surface area contributed by atoms with Crippen molar-refractivity contribution in [3.05, 3.63) is 53.9 Å². The topological polar surface area (TPSA) is 57.5 Å². The molecule has 0 radical (unpaired) electrons. The molecule has 3 rings (SSSR count). The summed E-state index contributed by atoms with van der Waals surface area (Å²) >= 11 is 0. The molecule has 0 unspecified atom stereocenters. The number of aliphatic imine (C=N–C) groups is 1. The van der Waals surface area contributed by atoms with Crippen LogP contribution in [0.5, 0.6) is 0 Å². The first-order valence-electron chi connectivity index (χ1n) is 10.6. The quantitative estimate of drug-likeness (QED) is 0.247. The molecule has 1 saturated heterocycles. The third-order valence-electron chi connectivity index (χ3n) is 5.32. The highest BCUT2D eigenvalue weighted by Gasteiger charge is 2.08. The van der Waals surface area contributed by atoms with Gasteiger partial charge < -0.3 is 15.5 Å². The van der Waals surface area contributed by atoms with E-state index in [2.05, 4.69) is 49.9 Å². The van der Waals surface area contributed by atoms with Gasteiger partial charge in [-0.2, -0.15) is 5.10 Å². The summed E-state index contributed by atoms with van der Waals surface area (Å²) < 4.78 is 1.95. The van der Waals surface area contributed by atoms with Crippen LogP contribution in [0.2, 0.25) is 0 Å². The number of nitrogens with one attached hydrogen (secondary N) is 2. The first-order chi connectivity index (χ1) is 13.8. The van der Waals surface area contributed by atoms with Crippen molar-refractivity contribution in [3.63, 3.8) is 0 Å². The Morgan fingerprint density at radius 3 is 2.48 bits per heavy atom. The van der Waals surface area contributed by atoms with E-state index in [9.17, 15) is 0 Å². The summed E-state index contributed by atoms with van der Waals surface area (Å²) in [5, 5.41) is 11.2. The van der Waals surface area contributed by atoms with Gasteiger partial charge in [0.25, 0.3) is 0 Å². The van der Waals surface area contributed by atoms with Crippen LogP contribution in [0.4, 0.5) is 0 Å². The lowest BCUT2D eigenvalue weighted by Gasteiger charge is -2.20. The highest BCUT2D eigenvalue weighted by molar-refractivity contribution is 14.0. The van der Waals surface area contributed by atoms with Crippen LogP contribution in [0, 0.1) is 0 Å². The SMILES string of the molecule is CN=C(NCCCN1CCCCCC1)NCc1ccccc1Cn1cccn1.I. The number of guanidine groups is 1. The van der Waals surface area contributed by atoms with Crippen molar-refractivity contribution in [1.29, 1.82) is 0 Å². The van der Waals surface area contributed by atoms with Gasteiger partial charge in [-0.05, 0) is 56.1 Å². The summed E-state index contributed by atoms with van der Waals surface area (Å²) in [5.74, 6) is 0.866. The maximum absolute atomic E-state index is 4.37. The Morgan fingerprint density at radius 2 is 1.79 bits per heavy atom. The number of likely N-dealkylation sites (tertiary alicyclic amines) is 1. The van der Waals surface area contributed by atoms with Gasteiger partial charge in [-0.1, -0.05) is 37.1 Å². The summed E-state index contributed by atoms with van der Waals surface area (Å²) in [6.07, 6.45) is 10.5. The summed E-state index contributed by atoms with van der Waals surface area (Å²) in [4.78, 5) is 6.98. The van der Waals surface area contributed by atoms with Crippen LogP contribution >= 0.6 is 24.0 Å². The van der Waals surface area contributed by atoms with Crippen molar-refractivity contribution in [3.8, 4) is 0 Å². The highest BCUT2D eigenvalue weighted by Crippen LogP contribution is 2.11. The minimum Gasteiger partial charge on any atom is -0.356 e. The van der Waals surface area contributed by atoms with Crippen molar-refractivity contribution in [1.82, 2.24) is 25.3 Å². The molecule has 1 aromatic carbocycles. The largest absolute Gasteiger partial charge is 0.356 e. The van der Waals surface area contributed by atoms with Gasteiger partial charge in [-0.3, -0.25) is 9.67 Å². The van der Waals surface area contributed by atoms with Crippen molar-refractivity contribution < 1.29 is 0 Å². The Bertz CT molecular complexity index is 708. The van der Waals surface area contributed by atoms with Crippen LogP contribution in [0.25, 0.3) is 0 Å². The van der Waals surface area contributed by atoms with E-state index >= 15 is 0 Å². The summed E-state index contributed by atoms with van der Waals surface area (Å²) in [7, 11) is 1.83. The molecule has 160 valence electrons. The Kier molecular flexibility index (Phi) is 11.1. The molecule has 0 atom stereocenters. The summed E-state index contributed by atoms with van der Waals surface area (Å²) in [5.41, 5.74) is 2.54. The first-order valence-corrected chi connectivity index (χ1v) is 10.6. The summed E-state index contributed by atoms with van der Waals surface area (Å²) in [6.45, 7) is 6.19. The Morgan fingerprint density at radius 1 is 1.03 bits per heavy atom. The predicted octanol–water partition coefficient (Wildman–Crippen LogP) is 3.48. The molecule has 0 bridgehead atoms. The van der Waals surface area contributed by atoms with E-state index in [1.807, 2.05) is 30.2 Å². The molecule has 7 heteroatoms. The highest BCUT2D eigenvalue weighted by atomic mass is 127. The fourth-order valence-electron chi connectivity index (χ4n) is 3.72. The van der Waals surface area contributed by atoms with Gasteiger partial charge in [0.2, 0.25) is 0 Å². The monoisotopic (exact) mass is 510 g/mol. The average Bonchev–Trinajstić information content (AvgIpc) is 3.09. The Balaban J connectivity index is 0.00000300. The second-order valence-corrected chi connectivity index (χ2v) is 7.43. The van der Waals surface area contributed by atoms with Crippen molar-refractivity contribution in [2.45, 2.75) is 45.2 Å². The van der Waals surface area contributed by atoms with E-state index < -0.39 is 0 Å². The van der Waals surface area contributed by atoms with Gasteiger partial charge in [0.15, 0.2) is 5.96 Å². The number of nitrogens with zero attached hydrogens (tertiary/aromatic N) is 4. The lowest BCUT2D eigenvalue weighted by molar-refractivity contribution is 0.282. The van der Waals surface area contributed by atoms with Crippen molar-refractivity contribution >= 4 is 29.9 Å². The number of benzene rings is 1. The minimum absolute atomic E-state index is 0. The summed E-state index contributed by atoms with van der Waals surface area (Å²) in [6, 6.07) is 10.5. The third kappa shape index (κ3) is 8.34. The van der Waals surface area contributed by atoms with Gasteiger partial charge >= 0.3 is 0 Å². The maximum atomic E-state index is 4.37. The lowest BCUT2D eigenvalue weighted by Crippen LogP contribution is -2.38. The van der Waals surface area contributed by atoms with Gasteiger partial charge in [0, 0.05) is 32.5 Å². The second-order valence-electron chi connectivity index (χ2n) is 7.43. The molecule has 0 aliphatic carbocycles. The zero-order valence-corrected chi connectivity index (χ0v) is 19.8. The van der Waals surface area contributed by atoms with E-state index in [1.165, 1.54) is 56.4 Å². The van der Waals surface area contributed by atoms with E-state index in [0.717, 1.165) is 32.0 Å². The number of aromatic nitrogens is 2. The molecular formula is C22H35IN6. The number of halogens is 1. The molecule has 2 aromatic rings. The lowest BCUT2D eigenvalue weighted by atomic mass is 10.1. The minimum atomic E-state index is 0. The molecule has 1 aliphatic rings. The molecule has 0 saturated carbocycles. The molecule has 0 spiro atoms. The molecule has 2 N–H and O–H groups in total. The molecule has 29 heavy (non-hydrogen) atoms. The van der Waals surface area contributed by atoms with Gasteiger partial charge in [-0.15, -0.1) is 24.0 Å². The van der Waals surface area contributed by atoms with Gasteiger partial charge in [0.05, 0.1) is 6.54 Å². The fraction of sp³-hybridized carbons (Fsp3) is 0.545. The molecular weight excluding hydrogens is 475 g/mol. The standard InChI is InChI=1S/C22H34N6.HI/c1-23-22(24-12-8-16-27-14-6-2-3-7-15-27)25-18-20-10-4-5-11-21(20)19-28-17-9-13-26-28;/h4-5,9-11,13,17H,2-3,6-8,12,14-16,18-19H2,1H3,(H2,23,24,25);1H. The van der Waals surface area contributed by atoms with Crippen LogP contribution in [0.3, 0.4) is 0 Å². The fourth-order valence-corrected chi connectivity index (χ4v) is 3.72. The Hall–Kier alpha value is -1.61. The molecule has 1 aromatic heterocycles. The van der Waals surface area contributed by atoms with Crippen LogP contribution in [-0.4, -0.2) is 53.9 Å². The van der Waals surface area contributed by atoms with Crippen LogP contribution in [0.15, 0.2) is 47.7 Å². The van der Waals surface area contributed by atoms with E-state index in [0.29, 0.717) is 0 Å². The van der Waals surface area contributed by atoms with Gasteiger partial charge in [-0.25, -0.2) is 0 Å². The van der Waals surface area contributed by atoms with Crippen LogP contribution in [0.1, 0.15) is 43.2 Å². The first kappa shape index (κ1) is 23.7. The number of hydrogen-bond donors (Lipinski definition) is 2. The molecule has 0 amide bonds. The van der Waals surface area contributed by atoms with Gasteiger partial charge in [0.1, 0.15) is 0 Å². The molecule has 2 heterocycles. The van der Waals surface area contributed by atoms with E-state index in [4.69, 9.17) is 0 Å². The van der Waals surface area contributed by atoms with Crippen LogP contribution < -0.4 is 10.6 Å². The molecule has 1 fully saturated rings. The number of hydrogen-bond acceptors (Lipinski definition) is 3. The zero-order chi connectivity index (χ0) is 19.4. The maximum Gasteiger partial charge on any atom is 0.191 e. The normalized spacial score (nSPS) is 15.4. The van der Waals surface area contributed by atoms with Crippen molar-refractivity contribution in [2.24, 2.45) is 4.99 Å².